The molecule has 0 aromatic heterocycles. The zero-order valence-electron chi connectivity index (χ0n) is 7.47. The molecule has 1 aliphatic rings. The second-order valence-electron chi connectivity index (χ2n) is 2.95. The lowest BCUT2D eigenvalue weighted by molar-refractivity contribution is -0.141. The van der Waals surface area contributed by atoms with Crippen molar-refractivity contribution in [1.82, 2.24) is 4.90 Å². The number of carbonyl (C=O) groups is 1. The second kappa shape index (κ2) is 4.09. The normalized spacial score (nSPS) is 21.5. The van der Waals surface area contributed by atoms with Crippen LogP contribution >= 0.6 is 0 Å². The molecule has 0 bridgehead atoms. The molecule has 1 rings (SSSR count). The molecular formula is C9H13NO3. The largest absolute Gasteiger partial charge is 0.479 e. The molecular weight excluding hydrogens is 170 g/mol. The van der Waals surface area contributed by atoms with Gasteiger partial charge in [-0.1, -0.05) is 6.08 Å². The molecule has 4 heteroatoms. The first-order valence-electron chi connectivity index (χ1n) is 4.11. The molecule has 4 nitrogen and oxygen atoms in total. The first-order valence-corrected chi connectivity index (χ1v) is 4.11. The molecule has 1 unspecified atom stereocenters. The fourth-order valence-corrected chi connectivity index (χ4v) is 1.40. The summed E-state index contributed by atoms with van der Waals surface area (Å²) in [5.41, 5.74) is 0.781. The Morgan fingerprint density at radius 2 is 2.38 bits per heavy atom. The minimum Gasteiger partial charge on any atom is -0.479 e. The van der Waals surface area contributed by atoms with Crippen LogP contribution in [0.25, 0.3) is 0 Å². The Balaban J connectivity index is 2.79. The van der Waals surface area contributed by atoms with E-state index in [9.17, 15) is 4.79 Å². The standard InChI is InChI=1S/C9H13NO3/c1-7-3-2-4-10(5-6-11)8(7)9(12)13/h2-4,8,11H,5-6H2,1H3,(H,12,13). The molecule has 0 aliphatic carbocycles. The summed E-state index contributed by atoms with van der Waals surface area (Å²) in [5.74, 6) is -0.883. The highest BCUT2D eigenvalue weighted by Crippen LogP contribution is 2.15. The summed E-state index contributed by atoms with van der Waals surface area (Å²) in [7, 11) is 0. The Kier molecular flexibility index (Phi) is 3.08. The fourth-order valence-electron chi connectivity index (χ4n) is 1.40. The Hall–Kier alpha value is -1.29. The van der Waals surface area contributed by atoms with Crippen molar-refractivity contribution >= 4 is 5.97 Å². The van der Waals surface area contributed by atoms with Gasteiger partial charge in [0.2, 0.25) is 0 Å². The van der Waals surface area contributed by atoms with Gasteiger partial charge in [-0.3, -0.25) is 0 Å². The number of aliphatic carboxylic acids is 1. The predicted molar refractivity (Wildman–Crippen MR) is 48.1 cm³/mol. The number of carboxylic acid groups (broad SMARTS) is 1. The summed E-state index contributed by atoms with van der Waals surface area (Å²) in [5, 5.41) is 17.6. The summed E-state index contributed by atoms with van der Waals surface area (Å²) >= 11 is 0. The molecule has 0 saturated heterocycles. The Morgan fingerprint density at radius 1 is 1.69 bits per heavy atom. The molecule has 0 spiro atoms. The van der Waals surface area contributed by atoms with E-state index in [1.165, 1.54) is 0 Å². The number of β-amino-alcohol motifs (C(OH)–C–C–N with tert-alkyl or cyclic N) is 1. The summed E-state index contributed by atoms with van der Waals surface area (Å²) in [6, 6.07) is -0.628. The summed E-state index contributed by atoms with van der Waals surface area (Å²) in [4.78, 5) is 12.5. The maximum Gasteiger partial charge on any atom is 0.330 e. The predicted octanol–water partition coefficient (Wildman–Crippen LogP) is 0.208. The molecule has 0 aromatic rings. The van der Waals surface area contributed by atoms with Crippen molar-refractivity contribution in [3.05, 3.63) is 23.9 Å². The van der Waals surface area contributed by atoms with Gasteiger partial charge in [0.15, 0.2) is 0 Å². The molecule has 72 valence electrons. The van der Waals surface area contributed by atoms with Gasteiger partial charge in [-0.15, -0.1) is 0 Å². The number of rotatable bonds is 3. The molecule has 13 heavy (non-hydrogen) atoms. The highest BCUT2D eigenvalue weighted by Gasteiger charge is 2.25. The second-order valence-corrected chi connectivity index (χ2v) is 2.95. The molecule has 2 N–H and O–H groups in total. The van der Waals surface area contributed by atoms with E-state index in [0.717, 1.165) is 5.57 Å². The molecule has 1 aliphatic heterocycles. The minimum atomic E-state index is -0.883. The van der Waals surface area contributed by atoms with Crippen molar-refractivity contribution < 1.29 is 15.0 Å². The molecule has 0 aromatic carbocycles. The Labute approximate surface area is 76.8 Å². The van der Waals surface area contributed by atoms with E-state index < -0.39 is 12.0 Å². The van der Waals surface area contributed by atoms with Crippen LogP contribution in [0, 0.1) is 0 Å². The van der Waals surface area contributed by atoms with Crippen LogP contribution in [0.1, 0.15) is 6.92 Å². The van der Waals surface area contributed by atoms with Crippen molar-refractivity contribution in [3.63, 3.8) is 0 Å². The smallest absolute Gasteiger partial charge is 0.330 e. The molecule has 1 atom stereocenters. The van der Waals surface area contributed by atoms with E-state index in [1.807, 2.05) is 0 Å². The van der Waals surface area contributed by atoms with Gasteiger partial charge in [0.05, 0.1) is 6.61 Å². The molecule has 0 fully saturated rings. The molecule has 1 heterocycles. The average Bonchev–Trinajstić information content (AvgIpc) is 2.04. The number of aliphatic hydroxyl groups is 1. The van der Waals surface area contributed by atoms with Gasteiger partial charge in [-0.2, -0.15) is 0 Å². The van der Waals surface area contributed by atoms with Gasteiger partial charge in [0.25, 0.3) is 0 Å². The van der Waals surface area contributed by atoms with E-state index >= 15 is 0 Å². The number of allylic oxidation sites excluding steroid dienone is 2. The molecule has 0 radical (unpaired) electrons. The van der Waals surface area contributed by atoms with Crippen molar-refractivity contribution in [1.29, 1.82) is 0 Å². The van der Waals surface area contributed by atoms with Crippen molar-refractivity contribution in [2.75, 3.05) is 13.2 Å². The van der Waals surface area contributed by atoms with Crippen LogP contribution < -0.4 is 0 Å². The van der Waals surface area contributed by atoms with Crippen LogP contribution in [0.5, 0.6) is 0 Å². The van der Waals surface area contributed by atoms with E-state index in [2.05, 4.69) is 0 Å². The maximum absolute atomic E-state index is 10.9. The van der Waals surface area contributed by atoms with E-state index in [0.29, 0.717) is 6.54 Å². The van der Waals surface area contributed by atoms with Crippen LogP contribution in [0.4, 0.5) is 0 Å². The van der Waals surface area contributed by atoms with E-state index in [-0.39, 0.29) is 6.61 Å². The Bertz CT molecular complexity index is 258. The lowest BCUT2D eigenvalue weighted by atomic mass is 10.0. The molecule has 0 saturated carbocycles. The monoisotopic (exact) mass is 183 g/mol. The third kappa shape index (κ3) is 2.09. The number of hydrogen-bond acceptors (Lipinski definition) is 3. The third-order valence-corrected chi connectivity index (χ3v) is 1.99. The van der Waals surface area contributed by atoms with Crippen molar-refractivity contribution in [3.8, 4) is 0 Å². The van der Waals surface area contributed by atoms with Crippen molar-refractivity contribution in [2.24, 2.45) is 0 Å². The van der Waals surface area contributed by atoms with Gasteiger partial charge in [-0.25, -0.2) is 4.79 Å². The number of nitrogens with zero attached hydrogens (tertiary/aromatic N) is 1. The van der Waals surface area contributed by atoms with Gasteiger partial charge < -0.3 is 15.1 Å². The van der Waals surface area contributed by atoms with Crippen molar-refractivity contribution in [2.45, 2.75) is 13.0 Å². The van der Waals surface area contributed by atoms with Gasteiger partial charge in [0.1, 0.15) is 6.04 Å². The SMILES string of the molecule is CC1=CC=CN(CCO)C1C(=O)O. The minimum absolute atomic E-state index is 0.0403. The number of carboxylic acids is 1. The van der Waals surface area contributed by atoms with Crippen LogP contribution in [0.3, 0.4) is 0 Å². The first kappa shape index (κ1) is 9.80. The van der Waals surface area contributed by atoms with Crippen LogP contribution in [0.15, 0.2) is 23.9 Å². The molecule has 0 amide bonds. The first-order chi connectivity index (χ1) is 6.16. The van der Waals surface area contributed by atoms with Crippen LogP contribution in [-0.4, -0.2) is 40.3 Å². The summed E-state index contributed by atoms with van der Waals surface area (Å²) in [6.07, 6.45) is 5.24. The van der Waals surface area contributed by atoms with Gasteiger partial charge in [0, 0.05) is 12.7 Å². The van der Waals surface area contributed by atoms with Gasteiger partial charge >= 0.3 is 5.97 Å². The quantitative estimate of drug-likeness (QED) is 0.656. The summed E-state index contributed by atoms with van der Waals surface area (Å²) < 4.78 is 0. The topological polar surface area (TPSA) is 60.8 Å². The zero-order chi connectivity index (χ0) is 9.84. The number of aliphatic hydroxyl groups excluding tert-OH is 1. The van der Waals surface area contributed by atoms with E-state index in [4.69, 9.17) is 10.2 Å². The summed E-state index contributed by atoms with van der Waals surface area (Å²) in [6.45, 7) is 2.08. The van der Waals surface area contributed by atoms with E-state index in [1.54, 1.807) is 30.2 Å². The van der Waals surface area contributed by atoms with Crippen LogP contribution in [-0.2, 0) is 4.79 Å². The zero-order valence-corrected chi connectivity index (χ0v) is 7.47. The maximum atomic E-state index is 10.9. The highest BCUT2D eigenvalue weighted by molar-refractivity contribution is 5.78. The number of hydrogen-bond donors (Lipinski definition) is 2. The van der Waals surface area contributed by atoms with Gasteiger partial charge in [-0.05, 0) is 18.6 Å². The fraction of sp³-hybridized carbons (Fsp3) is 0.444. The third-order valence-electron chi connectivity index (χ3n) is 1.99. The van der Waals surface area contributed by atoms with Crippen LogP contribution in [0.2, 0.25) is 0 Å². The lowest BCUT2D eigenvalue weighted by Gasteiger charge is -2.29. The average molecular weight is 183 g/mol. The lowest BCUT2D eigenvalue weighted by Crippen LogP contribution is -2.41. The highest BCUT2D eigenvalue weighted by atomic mass is 16.4. The Morgan fingerprint density at radius 3 is 2.92 bits per heavy atom.